The lowest BCUT2D eigenvalue weighted by molar-refractivity contribution is 0.0545. The maximum atomic E-state index is 14.2. The summed E-state index contributed by atoms with van der Waals surface area (Å²) in [4.78, 5) is 2.63. The predicted octanol–water partition coefficient (Wildman–Crippen LogP) is 4.42. The second-order valence-electron chi connectivity index (χ2n) is 9.62. The van der Waals surface area contributed by atoms with Crippen LogP contribution in [0.25, 0.3) is 11.3 Å². The fourth-order valence-corrected chi connectivity index (χ4v) is 5.72. The van der Waals surface area contributed by atoms with Gasteiger partial charge in [0.15, 0.2) is 11.6 Å². The van der Waals surface area contributed by atoms with E-state index in [9.17, 15) is 13.2 Å². The van der Waals surface area contributed by atoms with Crippen molar-refractivity contribution < 1.29 is 17.9 Å². The molecule has 0 amide bonds. The smallest absolute Gasteiger partial charge is 0.168 e. The van der Waals surface area contributed by atoms with E-state index in [0.717, 1.165) is 51.1 Å². The number of hydrogen-bond donors (Lipinski definition) is 1. The zero-order chi connectivity index (χ0) is 22.2. The van der Waals surface area contributed by atoms with Crippen LogP contribution in [0.3, 0.4) is 0 Å². The first-order valence-electron chi connectivity index (χ1n) is 11.5. The molecule has 1 aromatic heterocycles. The average molecular weight is 447 g/mol. The third-order valence-electron chi connectivity index (χ3n) is 7.27. The molecule has 3 aliphatic rings. The monoisotopic (exact) mass is 446 g/mol. The standard InChI is InChI=1S/C24H29F3N4O/c1-14-6-22(29-30-24(14)20-9-18(25)10-21(26)23(20)27)28-19-7-16-12-31(13-17(16)8-19)11-15-2-4-32-5-3-15/h6,9-10,15-17,19H,2-5,7-8,11-13H2,1H3,(H,28,29). The molecule has 1 N–H and O–H groups in total. The maximum Gasteiger partial charge on any atom is 0.168 e. The molecule has 172 valence electrons. The summed E-state index contributed by atoms with van der Waals surface area (Å²) in [6.45, 7) is 7.06. The summed E-state index contributed by atoms with van der Waals surface area (Å²) >= 11 is 0. The molecule has 2 unspecified atom stereocenters. The molecular weight excluding hydrogens is 417 g/mol. The minimum atomic E-state index is -1.23. The van der Waals surface area contributed by atoms with E-state index in [0.29, 0.717) is 35.3 Å². The lowest BCUT2D eigenvalue weighted by atomic mass is 10.00. The molecule has 5 rings (SSSR count). The summed E-state index contributed by atoms with van der Waals surface area (Å²) in [6.07, 6.45) is 4.55. The van der Waals surface area contributed by atoms with Crippen LogP contribution in [0.4, 0.5) is 19.0 Å². The Kier molecular flexibility index (Phi) is 6.07. The van der Waals surface area contributed by atoms with Crippen molar-refractivity contribution in [2.75, 3.05) is 38.2 Å². The summed E-state index contributed by atoms with van der Waals surface area (Å²) in [6, 6.07) is 3.58. The predicted molar refractivity (Wildman–Crippen MR) is 116 cm³/mol. The van der Waals surface area contributed by atoms with Crippen LogP contribution in [-0.2, 0) is 4.74 Å². The minimum Gasteiger partial charge on any atom is -0.381 e. The molecule has 1 aliphatic carbocycles. The molecule has 1 saturated carbocycles. The van der Waals surface area contributed by atoms with E-state index in [2.05, 4.69) is 20.4 Å². The topological polar surface area (TPSA) is 50.3 Å². The summed E-state index contributed by atoms with van der Waals surface area (Å²) in [7, 11) is 0. The highest BCUT2D eigenvalue weighted by Gasteiger charge is 2.41. The van der Waals surface area contributed by atoms with E-state index < -0.39 is 17.5 Å². The van der Waals surface area contributed by atoms with Gasteiger partial charge in [0.25, 0.3) is 0 Å². The number of aryl methyl sites for hydroxylation is 1. The number of aromatic nitrogens is 2. The van der Waals surface area contributed by atoms with Crippen LogP contribution in [0.15, 0.2) is 18.2 Å². The van der Waals surface area contributed by atoms with Gasteiger partial charge in [0.1, 0.15) is 11.6 Å². The number of halogens is 3. The van der Waals surface area contributed by atoms with Gasteiger partial charge in [0.2, 0.25) is 0 Å². The van der Waals surface area contributed by atoms with Crippen molar-refractivity contribution in [1.82, 2.24) is 15.1 Å². The third kappa shape index (κ3) is 4.48. The van der Waals surface area contributed by atoms with E-state index >= 15 is 0 Å². The molecular formula is C24H29F3N4O. The molecule has 5 nitrogen and oxygen atoms in total. The van der Waals surface area contributed by atoms with Gasteiger partial charge in [-0.05, 0) is 68.1 Å². The highest BCUT2D eigenvalue weighted by molar-refractivity contribution is 5.64. The highest BCUT2D eigenvalue weighted by Crippen LogP contribution is 2.40. The Hall–Kier alpha value is -2.19. The molecule has 8 heteroatoms. The maximum absolute atomic E-state index is 14.2. The number of rotatable bonds is 5. The Labute approximate surface area is 186 Å². The normalized spacial score (nSPS) is 26.4. The number of benzene rings is 1. The molecule has 2 aliphatic heterocycles. The van der Waals surface area contributed by atoms with Gasteiger partial charge in [0.05, 0.1) is 5.69 Å². The van der Waals surface area contributed by atoms with Gasteiger partial charge in [-0.1, -0.05) is 0 Å². The van der Waals surface area contributed by atoms with Crippen molar-refractivity contribution >= 4 is 5.82 Å². The third-order valence-corrected chi connectivity index (χ3v) is 7.27. The number of likely N-dealkylation sites (tertiary alicyclic amines) is 1. The number of fused-ring (bicyclic) bond motifs is 1. The van der Waals surface area contributed by atoms with Gasteiger partial charge in [-0.15, -0.1) is 10.2 Å². The quantitative estimate of drug-likeness (QED) is 0.690. The molecule has 2 aromatic rings. The number of anilines is 1. The van der Waals surface area contributed by atoms with Crippen molar-refractivity contribution in [3.05, 3.63) is 41.2 Å². The molecule has 2 atom stereocenters. The number of nitrogens with one attached hydrogen (secondary N) is 1. The SMILES string of the molecule is Cc1cc(NC2CC3CN(CC4CCOCC4)CC3C2)nnc1-c1cc(F)cc(F)c1F. The first kappa shape index (κ1) is 21.6. The molecule has 32 heavy (non-hydrogen) atoms. The zero-order valence-electron chi connectivity index (χ0n) is 18.3. The Balaban J connectivity index is 1.19. The lowest BCUT2D eigenvalue weighted by Gasteiger charge is -2.27. The van der Waals surface area contributed by atoms with Crippen LogP contribution in [0.5, 0.6) is 0 Å². The van der Waals surface area contributed by atoms with Gasteiger partial charge >= 0.3 is 0 Å². The van der Waals surface area contributed by atoms with Gasteiger partial charge in [0, 0.05) is 50.5 Å². The first-order chi connectivity index (χ1) is 15.5. The fraction of sp³-hybridized carbons (Fsp3) is 0.583. The van der Waals surface area contributed by atoms with Gasteiger partial charge in [-0.25, -0.2) is 13.2 Å². The summed E-state index contributed by atoms with van der Waals surface area (Å²) in [5, 5.41) is 11.7. The average Bonchev–Trinajstić information content (AvgIpc) is 3.29. The fourth-order valence-electron chi connectivity index (χ4n) is 5.72. The Morgan fingerprint density at radius 3 is 2.44 bits per heavy atom. The van der Waals surface area contributed by atoms with E-state index in [1.807, 2.05) is 0 Å². The molecule has 0 spiro atoms. The number of nitrogens with zero attached hydrogens (tertiary/aromatic N) is 3. The van der Waals surface area contributed by atoms with E-state index in [1.165, 1.54) is 19.4 Å². The van der Waals surface area contributed by atoms with Gasteiger partial charge < -0.3 is 15.0 Å². The van der Waals surface area contributed by atoms with E-state index in [4.69, 9.17) is 4.74 Å². The van der Waals surface area contributed by atoms with Crippen molar-refractivity contribution in [2.45, 2.75) is 38.6 Å². The Morgan fingerprint density at radius 1 is 1.03 bits per heavy atom. The molecule has 3 fully saturated rings. The van der Waals surface area contributed by atoms with Crippen LogP contribution < -0.4 is 5.32 Å². The van der Waals surface area contributed by atoms with Crippen molar-refractivity contribution in [3.8, 4) is 11.3 Å². The summed E-state index contributed by atoms with van der Waals surface area (Å²) in [5.41, 5.74) is 0.560. The van der Waals surface area contributed by atoms with Crippen LogP contribution in [0.2, 0.25) is 0 Å². The van der Waals surface area contributed by atoms with Crippen molar-refractivity contribution in [1.29, 1.82) is 0 Å². The second kappa shape index (κ2) is 8.98. The molecule has 1 aromatic carbocycles. The van der Waals surface area contributed by atoms with Crippen molar-refractivity contribution in [3.63, 3.8) is 0 Å². The summed E-state index contributed by atoms with van der Waals surface area (Å²) in [5.74, 6) is -0.400. The molecule has 0 bridgehead atoms. The largest absolute Gasteiger partial charge is 0.381 e. The second-order valence-corrected chi connectivity index (χ2v) is 9.62. The Morgan fingerprint density at radius 2 is 1.75 bits per heavy atom. The molecule has 2 saturated heterocycles. The highest BCUT2D eigenvalue weighted by atomic mass is 19.2. The van der Waals surface area contributed by atoms with E-state index in [1.54, 1.807) is 13.0 Å². The Bertz CT molecular complexity index is 968. The van der Waals surface area contributed by atoms with Crippen LogP contribution >= 0.6 is 0 Å². The van der Waals surface area contributed by atoms with Crippen molar-refractivity contribution in [2.24, 2.45) is 17.8 Å². The molecule has 0 radical (unpaired) electrons. The molecule has 3 heterocycles. The van der Waals surface area contributed by atoms with Crippen LogP contribution in [0, 0.1) is 42.1 Å². The number of ether oxygens (including phenoxy) is 1. The number of hydrogen-bond acceptors (Lipinski definition) is 5. The first-order valence-corrected chi connectivity index (χ1v) is 11.5. The van der Waals surface area contributed by atoms with E-state index in [-0.39, 0.29) is 11.3 Å². The van der Waals surface area contributed by atoms with Crippen LogP contribution in [0.1, 0.15) is 31.2 Å². The van der Waals surface area contributed by atoms with Gasteiger partial charge in [-0.3, -0.25) is 0 Å². The van der Waals surface area contributed by atoms with Gasteiger partial charge in [-0.2, -0.15) is 0 Å². The zero-order valence-corrected chi connectivity index (χ0v) is 18.3. The minimum absolute atomic E-state index is 0.151. The lowest BCUT2D eigenvalue weighted by Crippen LogP contribution is -2.32. The van der Waals surface area contributed by atoms with Crippen LogP contribution in [-0.4, -0.2) is 54.0 Å². The summed E-state index contributed by atoms with van der Waals surface area (Å²) < 4.78 is 46.8.